The minimum Gasteiger partial charge on any atom is -0.317 e. The van der Waals surface area contributed by atoms with E-state index in [1.807, 2.05) is 0 Å². The average Bonchev–Trinajstić information content (AvgIpc) is 2.59. The van der Waals surface area contributed by atoms with E-state index < -0.39 is 0 Å². The highest BCUT2D eigenvalue weighted by Crippen LogP contribution is 2.19. The van der Waals surface area contributed by atoms with Gasteiger partial charge < -0.3 is 5.32 Å². The van der Waals surface area contributed by atoms with E-state index >= 15 is 0 Å². The van der Waals surface area contributed by atoms with Crippen molar-refractivity contribution in [2.45, 2.75) is 40.5 Å². The van der Waals surface area contributed by atoms with Gasteiger partial charge in [0.1, 0.15) is 0 Å². The number of nitrogens with zero attached hydrogens (tertiary/aromatic N) is 1. The maximum absolute atomic E-state index is 4.56. The summed E-state index contributed by atoms with van der Waals surface area (Å²) in [6, 6.07) is 0. The largest absolute Gasteiger partial charge is 0.317 e. The molecule has 0 radical (unpaired) electrons. The second kappa shape index (κ2) is 7.02. The molecule has 0 aliphatic heterocycles. The quantitative estimate of drug-likeness (QED) is 0.791. The molecule has 0 fully saturated rings. The molecule has 0 aliphatic rings. The van der Waals surface area contributed by atoms with Gasteiger partial charge in [0.05, 0.1) is 5.01 Å². The molecule has 1 aromatic heterocycles. The molecule has 0 amide bonds. The van der Waals surface area contributed by atoms with Crippen molar-refractivity contribution in [1.82, 2.24) is 10.3 Å². The third-order valence-corrected chi connectivity index (χ3v) is 3.61. The Morgan fingerprint density at radius 2 is 2.19 bits per heavy atom. The maximum atomic E-state index is 4.56. The molecule has 0 spiro atoms. The second-order valence-electron chi connectivity index (χ2n) is 4.89. The first-order chi connectivity index (χ1) is 7.61. The maximum Gasteiger partial charge on any atom is 0.0931 e. The summed E-state index contributed by atoms with van der Waals surface area (Å²) in [5.41, 5.74) is 1.16. The molecule has 1 N–H and O–H groups in total. The molecule has 0 aromatic carbocycles. The molecular formula is C13H24N2S. The van der Waals surface area contributed by atoms with Gasteiger partial charge in [-0.25, -0.2) is 4.98 Å². The second-order valence-corrected chi connectivity index (χ2v) is 5.83. The molecule has 92 valence electrons. The highest BCUT2D eigenvalue weighted by atomic mass is 32.1. The SMILES string of the molecule is CCNCC(Cc1nc(C)cs1)CC(C)C. The molecule has 0 saturated heterocycles. The van der Waals surface area contributed by atoms with Gasteiger partial charge in [-0.05, 0) is 38.3 Å². The van der Waals surface area contributed by atoms with Crippen molar-refractivity contribution < 1.29 is 0 Å². The lowest BCUT2D eigenvalue weighted by atomic mass is 9.94. The van der Waals surface area contributed by atoms with Crippen molar-refractivity contribution in [1.29, 1.82) is 0 Å². The highest BCUT2D eigenvalue weighted by Gasteiger charge is 2.13. The number of thiazole rings is 1. The van der Waals surface area contributed by atoms with Crippen molar-refractivity contribution in [3.8, 4) is 0 Å². The van der Waals surface area contributed by atoms with Crippen LogP contribution in [0.15, 0.2) is 5.38 Å². The zero-order chi connectivity index (χ0) is 12.0. The van der Waals surface area contributed by atoms with Gasteiger partial charge >= 0.3 is 0 Å². The van der Waals surface area contributed by atoms with E-state index in [9.17, 15) is 0 Å². The monoisotopic (exact) mass is 240 g/mol. The number of aromatic nitrogens is 1. The third kappa shape index (κ3) is 5.08. The van der Waals surface area contributed by atoms with Gasteiger partial charge in [-0.3, -0.25) is 0 Å². The van der Waals surface area contributed by atoms with Crippen LogP contribution < -0.4 is 5.32 Å². The van der Waals surface area contributed by atoms with Gasteiger partial charge in [0.2, 0.25) is 0 Å². The minimum atomic E-state index is 0.727. The lowest BCUT2D eigenvalue weighted by Gasteiger charge is -2.18. The molecular weight excluding hydrogens is 216 g/mol. The molecule has 0 aliphatic carbocycles. The van der Waals surface area contributed by atoms with Crippen LogP contribution >= 0.6 is 11.3 Å². The molecule has 3 heteroatoms. The van der Waals surface area contributed by atoms with Crippen LogP contribution in [0.4, 0.5) is 0 Å². The molecule has 1 aromatic rings. The molecule has 0 bridgehead atoms. The minimum absolute atomic E-state index is 0.727. The van der Waals surface area contributed by atoms with E-state index in [0.717, 1.165) is 37.0 Å². The summed E-state index contributed by atoms with van der Waals surface area (Å²) in [6.45, 7) is 11.0. The number of aryl methyl sites for hydroxylation is 1. The Hall–Kier alpha value is -0.410. The van der Waals surface area contributed by atoms with Crippen LogP contribution in [0.1, 0.15) is 37.9 Å². The summed E-state index contributed by atoms with van der Waals surface area (Å²) < 4.78 is 0. The smallest absolute Gasteiger partial charge is 0.0931 e. The fourth-order valence-electron chi connectivity index (χ4n) is 2.00. The van der Waals surface area contributed by atoms with Crippen LogP contribution in [0.2, 0.25) is 0 Å². The number of hydrogen-bond donors (Lipinski definition) is 1. The third-order valence-electron chi connectivity index (χ3n) is 2.62. The predicted molar refractivity (Wildman–Crippen MR) is 72.0 cm³/mol. The molecule has 16 heavy (non-hydrogen) atoms. The van der Waals surface area contributed by atoms with Gasteiger partial charge in [0, 0.05) is 17.5 Å². The first-order valence-electron chi connectivity index (χ1n) is 6.23. The Labute approximate surface area is 103 Å². The van der Waals surface area contributed by atoms with Gasteiger partial charge in [0.15, 0.2) is 0 Å². The van der Waals surface area contributed by atoms with Gasteiger partial charge in [0.25, 0.3) is 0 Å². The lowest BCUT2D eigenvalue weighted by Crippen LogP contribution is -2.25. The van der Waals surface area contributed by atoms with Crippen LogP contribution in [-0.2, 0) is 6.42 Å². The van der Waals surface area contributed by atoms with E-state index in [-0.39, 0.29) is 0 Å². The van der Waals surface area contributed by atoms with Gasteiger partial charge in [-0.2, -0.15) is 0 Å². The Morgan fingerprint density at radius 1 is 1.44 bits per heavy atom. The summed E-state index contributed by atoms with van der Waals surface area (Å²) in [6.07, 6.45) is 2.41. The number of nitrogens with one attached hydrogen (secondary N) is 1. The Morgan fingerprint density at radius 3 is 2.69 bits per heavy atom. The topological polar surface area (TPSA) is 24.9 Å². The standard InChI is InChI=1S/C13H24N2S/c1-5-14-8-12(6-10(2)3)7-13-15-11(4)9-16-13/h9-10,12,14H,5-8H2,1-4H3. The van der Waals surface area contributed by atoms with Gasteiger partial charge in [-0.1, -0.05) is 20.8 Å². The van der Waals surface area contributed by atoms with Crippen molar-refractivity contribution in [2.75, 3.05) is 13.1 Å². The van der Waals surface area contributed by atoms with Crippen LogP contribution in [-0.4, -0.2) is 18.1 Å². The van der Waals surface area contributed by atoms with Crippen molar-refractivity contribution >= 4 is 11.3 Å². The van der Waals surface area contributed by atoms with Crippen molar-refractivity contribution in [3.05, 3.63) is 16.1 Å². The first-order valence-corrected chi connectivity index (χ1v) is 7.11. The fourth-order valence-corrected chi connectivity index (χ4v) is 2.89. The number of hydrogen-bond acceptors (Lipinski definition) is 3. The van der Waals surface area contributed by atoms with Crippen molar-refractivity contribution in [2.24, 2.45) is 11.8 Å². The van der Waals surface area contributed by atoms with Crippen LogP contribution in [0.3, 0.4) is 0 Å². The zero-order valence-electron chi connectivity index (χ0n) is 10.9. The van der Waals surface area contributed by atoms with Crippen LogP contribution in [0, 0.1) is 18.8 Å². The first kappa shape index (κ1) is 13.7. The van der Waals surface area contributed by atoms with E-state index in [4.69, 9.17) is 0 Å². The summed E-state index contributed by atoms with van der Waals surface area (Å²) >= 11 is 1.80. The Kier molecular flexibility index (Phi) is 5.99. The molecule has 1 heterocycles. The average molecular weight is 240 g/mol. The highest BCUT2D eigenvalue weighted by molar-refractivity contribution is 7.09. The fraction of sp³-hybridized carbons (Fsp3) is 0.769. The summed E-state index contributed by atoms with van der Waals surface area (Å²) in [7, 11) is 0. The molecule has 1 unspecified atom stereocenters. The van der Waals surface area contributed by atoms with E-state index in [1.165, 1.54) is 11.4 Å². The van der Waals surface area contributed by atoms with Gasteiger partial charge in [-0.15, -0.1) is 11.3 Å². The van der Waals surface area contributed by atoms with Crippen LogP contribution in [0.25, 0.3) is 0 Å². The van der Waals surface area contributed by atoms with Crippen LogP contribution in [0.5, 0.6) is 0 Å². The van der Waals surface area contributed by atoms with E-state index in [2.05, 4.69) is 43.4 Å². The number of rotatable bonds is 7. The molecule has 0 saturated carbocycles. The summed E-state index contributed by atoms with van der Waals surface area (Å²) in [5.74, 6) is 1.50. The Bertz CT molecular complexity index is 294. The van der Waals surface area contributed by atoms with E-state index in [1.54, 1.807) is 11.3 Å². The zero-order valence-corrected chi connectivity index (χ0v) is 11.7. The predicted octanol–water partition coefficient (Wildman–Crippen LogP) is 3.27. The Balaban J connectivity index is 2.48. The van der Waals surface area contributed by atoms with E-state index in [0.29, 0.717) is 0 Å². The molecule has 2 nitrogen and oxygen atoms in total. The molecule has 1 rings (SSSR count). The normalized spacial score (nSPS) is 13.3. The lowest BCUT2D eigenvalue weighted by molar-refractivity contribution is 0.388. The molecule has 1 atom stereocenters. The van der Waals surface area contributed by atoms with Crippen molar-refractivity contribution in [3.63, 3.8) is 0 Å². The summed E-state index contributed by atoms with van der Waals surface area (Å²) in [5, 5.41) is 6.90. The summed E-state index contributed by atoms with van der Waals surface area (Å²) in [4.78, 5) is 4.56.